The SMILES string of the molecule is O=C(NC(C(=O)NC1CCCc2ccccc21)c1cccnc1)c1ccc(/N=N/c2ccccc2)cc1. The van der Waals surface area contributed by atoms with Crippen LogP contribution in [0.1, 0.15) is 52.0 Å². The predicted octanol–water partition coefficient (Wildman–Crippen LogP) is 6.16. The minimum absolute atomic E-state index is 0.0946. The Kier molecular flexibility index (Phi) is 7.41. The van der Waals surface area contributed by atoms with E-state index in [1.807, 2.05) is 42.5 Å². The summed E-state index contributed by atoms with van der Waals surface area (Å²) in [4.78, 5) is 30.8. The Labute approximate surface area is 215 Å². The zero-order chi connectivity index (χ0) is 25.5. The number of fused-ring (bicyclic) bond motifs is 1. The number of carbonyl (C=O) groups excluding carboxylic acids is 2. The molecule has 0 saturated carbocycles. The van der Waals surface area contributed by atoms with Crippen LogP contribution >= 0.6 is 0 Å². The Hall–Kier alpha value is -4.65. The fourth-order valence-electron chi connectivity index (χ4n) is 4.51. The number of rotatable bonds is 7. The van der Waals surface area contributed by atoms with E-state index < -0.39 is 6.04 Å². The van der Waals surface area contributed by atoms with E-state index in [9.17, 15) is 9.59 Å². The maximum atomic E-state index is 13.5. The van der Waals surface area contributed by atoms with E-state index in [-0.39, 0.29) is 17.9 Å². The van der Waals surface area contributed by atoms with Gasteiger partial charge in [0.2, 0.25) is 5.91 Å². The Morgan fingerprint density at radius 2 is 1.57 bits per heavy atom. The van der Waals surface area contributed by atoms with Crippen LogP contribution in [0.5, 0.6) is 0 Å². The standard InChI is InChI=1S/C30H27N5O2/c36-29(22-15-17-25(18-16-22)35-34-24-11-2-1-3-12-24)33-28(23-10-7-19-31-20-23)30(37)32-27-14-6-9-21-8-4-5-13-26(21)27/h1-5,7-8,10-13,15-20,27-28H,6,9,14H2,(H,32,37)(H,33,36)/b35-34+. The van der Waals surface area contributed by atoms with Gasteiger partial charge in [-0.15, -0.1) is 0 Å². The largest absolute Gasteiger partial charge is 0.347 e. The summed E-state index contributed by atoms with van der Waals surface area (Å²) in [5.74, 6) is -0.629. The molecule has 37 heavy (non-hydrogen) atoms. The van der Waals surface area contributed by atoms with Gasteiger partial charge in [-0.05, 0) is 72.9 Å². The van der Waals surface area contributed by atoms with Crippen LogP contribution in [0.3, 0.4) is 0 Å². The summed E-state index contributed by atoms with van der Waals surface area (Å²) in [7, 11) is 0. The average molecular weight is 490 g/mol. The zero-order valence-electron chi connectivity index (χ0n) is 20.2. The third-order valence-electron chi connectivity index (χ3n) is 6.41. The van der Waals surface area contributed by atoms with Crippen molar-refractivity contribution in [3.8, 4) is 0 Å². The molecule has 2 unspecified atom stereocenters. The zero-order valence-corrected chi connectivity index (χ0v) is 20.2. The first-order chi connectivity index (χ1) is 18.2. The second kappa shape index (κ2) is 11.4. The molecule has 3 aromatic carbocycles. The summed E-state index contributed by atoms with van der Waals surface area (Å²) in [6.45, 7) is 0. The molecule has 5 rings (SSSR count). The molecule has 4 aromatic rings. The van der Waals surface area contributed by atoms with E-state index in [1.54, 1.807) is 48.8 Å². The predicted molar refractivity (Wildman–Crippen MR) is 142 cm³/mol. The van der Waals surface area contributed by atoms with Crippen LogP contribution < -0.4 is 10.6 Å². The molecule has 0 fully saturated rings. The van der Waals surface area contributed by atoms with Crippen LogP contribution in [-0.2, 0) is 11.2 Å². The van der Waals surface area contributed by atoms with Crippen molar-refractivity contribution in [2.45, 2.75) is 31.3 Å². The minimum atomic E-state index is -0.882. The summed E-state index contributed by atoms with van der Waals surface area (Å²) >= 11 is 0. The van der Waals surface area contributed by atoms with Gasteiger partial charge in [-0.2, -0.15) is 10.2 Å². The number of azo groups is 1. The Bertz CT molecular complexity index is 1390. The lowest BCUT2D eigenvalue weighted by Gasteiger charge is -2.28. The molecule has 1 aliphatic rings. The molecular formula is C30H27N5O2. The molecule has 1 heterocycles. The summed E-state index contributed by atoms with van der Waals surface area (Å²) in [5.41, 5.74) is 4.80. The Morgan fingerprint density at radius 1 is 0.838 bits per heavy atom. The van der Waals surface area contributed by atoms with Gasteiger partial charge < -0.3 is 10.6 Å². The fraction of sp³-hybridized carbons (Fsp3) is 0.167. The molecule has 0 bridgehead atoms. The topological polar surface area (TPSA) is 95.8 Å². The Morgan fingerprint density at radius 3 is 2.32 bits per heavy atom. The van der Waals surface area contributed by atoms with Crippen LogP contribution in [0.2, 0.25) is 0 Å². The molecule has 2 amide bonds. The molecule has 0 spiro atoms. The fourth-order valence-corrected chi connectivity index (χ4v) is 4.51. The number of aryl methyl sites for hydroxylation is 1. The molecule has 0 saturated heterocycles. The quantitative estimate of drug-likeness (QED) is 0.304. The monoisotopic (exact) mass is 489 g/mol. The molecule has 1 aliphatic carbocycles. The number of benzene rings is 3. The number of nitrogens with one attached hydrogen (secondary N) is 2. The van der Waals surface area contributed by atoms with Crippen LogP contribution in [0.4, 0.5) is 11.4 Å². The molecule has 7 nitrogen and oxygen atoms in total. The molecule has 2 N–H and O–H groups in total. The number of hydrogen-bond acceptors (Lipinski definition) is 5. The van der Waals surface area contributed by atoms with Crippen LogP contribution in [0.25, 0.3) is 0 Å². The second-order valence-electron chi connectivity index (χ2n) is 8.93. The number of nitrogens with zero attached hydrogens (tertiary/aromatic N) is 3. The van der Waals surface area contributed by atoms with Gasteiger partial charge in [-0.1, -0.05) is 48.5 Å². The highest BCUT2D eigenvalue weighted by Gasteiger charge is 2.28. The van der Waals surface area contributed by atoms with Gasteiger partial charge >= 0.3 is 0 Å². The van der Waals surface area contributed by atoms with Gasteiger partial charge in [0, 0.05) is 23.5 Å². The molecule has 7 heteroatoms. The first-order valence-electron chi connectivity index (χ1n) is 12.3. The molecule has 0 radical (unpaired) electrons. The summed E-state index contributed by atoms with van der Waals surface area (Å²) in [6.07, 6.45) is 6.11. The lowest BCUT2D eigenvalue weighted by Crippen LogP contribution is -2.42. The number of aromatic nitrogens is 1. The Balaban J connectivity index is 1.31. The number of amides is 2. The maximum absolute atomic E-state index is 13.5. The van der Waals surface area contributed by atoms with Gasteiger partial charge in [-0.3, -0.25) is 14.6 Å². The minimum Gasteiger partial charge on any atom is -0.347 e. The maximum Gasteiger partial charge on any atom is 0.252 e. The smallest absolute Gasteiger partial charge is 0.252 e. The van der Waals surface area contributed by atoms with Gasteiger partial charge in [0.25, 0.3) is 5.91 Å². The van der Waals surface area contributed by atoms with Gasteiger partial charge in [0.05, 0.1) is 17.4 Å². The number of pyridine rings is 1. The molecular weight excluding hydrogens is 462 g/mol. The van der Waals surface area contributed by atoms with Crippen molar-refractivity contribution in [3.05, 3.63) is 126 Å². The summed E-state index contributed by atoms with van der Waals surface area (Å²) in [5, 5.41) is 14.5. The van der Waals surface area contributed by atoms with E-state index >= 15 is 0 Å². The van der Waals surface area contributed by atoms with E-state index in [1.165, 1.54) is 5.56 Å². The van der Waals surface area contributed by atoms with E-state index in [4.69, 9.17) is 0 Å². The van der Waals surface area contributed by atoms with Crippen molar-refractivity contribution in [1.82, 2.24) is 15.6 Å². The highest BCUT2D eigenvalue weighted by atomic mass is 16.2. The first-order valence-corrected chi connectivity index (χ1v) is 12.3. The molecule has 1 aromatic heterocycles. The summed E-state index contributed by atoms with van der Waals surface area (Å²) < 4.78 is 0. The van der Waals surface area contributed by atoms with Gasteiger partial charge in [0.1, 0.15) is 6.04 Å². The van der Waals surface area contributed by atoms with E-state index in [0.717, 1.165) is 30.5 Å². The van der Waals surface area contributed by atoms with Crippen molar-refractivity contribution in [2.24, 2.45) is 10.2 Å². The highest BCUT2D eigenvalue weighted by molar-refractivity contribution is 5.98. The lowest BCUT2D eigenvalue weighted by molar-refractivity contribution is -0.124. The van der Waals surface area contributed by atoms with Crippen molar-refractivity contribution < 1.29 is 9.59 Å². The van der Waals surface area contributed by atoms with Gasteiger partial charge in [0.15, 0.2) is 0 Å². The molecule has 0 aliphatic heterocycles. The normalized spacial score (nSPS) is 15.5. The molecule has 2 atom stereocenters. The summed E-state index contributed by atoms with van der Waals surface area (Å²) in [6, 6.07) is 27.0. The first kappa shape index (κ1) is 24.1. The van der Waals surface area contributed by atoms with Crippen LogP contribution in [-0.4, -0.2) is 16.8 Å². The number of hydrogen-bond donors (Lipinski definition) is 2. The van der Waals surface area contributed by atoms with Crippen molar-refractivity contribution in [2.75, 3.05) is 0 Å². The van der Waals surface area contributed by atoms with Gasteiger partial charge in [-0.25, -0.2) is 0 Å². The van der Waals surface area contributed by atoms with Crippen molar-refractivity contribution in [3.63, 3.8) is 0 Å². The van der Waals surface area contributed by atoms with E-state index in [2.05, 4.69) is 38.0 Å². The number of carbonyl (C=O) groups is 2. The van der Waals surface area contributed by atoms with Crippen LogP contribution in [0, 0.1) is 0 Å². The lowest BCUT2D eigenvalue weighted by atomic mass is 9.87. The molecule has 184 valence electrons. The van der Waals surface area contributed by atoms with E-state index in [0.29, 0.717) is 16.8 Å². The third kappa shape index (κ3) is 5.95. The second-order valence-corrected chi connectivity index (χ2v) is 8.93. The van der Waals surface area contributed by atoms with Crippen LogP contribution in [0.15, 0.2) is 114 Å². The highest BCUT2D eigenvalue weighted by Crippen LogP contribution is 2.30. The van der Waals surface area contributed by atoms with Crippen molar-refractivity contribution in [1.29, 1.82) is 0 Å². The van der Waals surface area contributed by atoms with Crippen molar-refractivity contribution >= 4 is 23.2 Å². The third-order valence-corrected chi connectivity index (χ3v) is 6.41. The average Bonchev–Trinajstić information content (AvgIpc) is 2.96.